The minimum absolute atomic E-state index is 0.0399. The number of ether oxygens (including phenoxy) is 3. The van der Waals surface area contributed by atoms with E-state index in [0.29, 0.717) is 0 Å². The van der Waals surface area contributed by atoms with E-state index >= 15 is 0 Å². The van der Waals surface area contributed by atoms with Crippen molar-refractivity contribution < 1.29 is 28.6 Å². The van der Waals surface area contributed by atoms with E-state index in [4.69, 9.17) is 14.2 Å². The molecule has 1 unspecified atom stereocenters. The Balaban J connectivity index is 4.20. The van der Waals surface area contributed by atoms with Crippen molar-refractivity contribution >= 4 is 17.9 Å². The number of rotatable bonds is 7. The lowest BCUT2D eigenvalue weighted by atomic mass is 10.3. The molecule has 6 heteroatoms. The van der Waals surface area contributed by atoms with Crippen LogP contribution >= 0.6 is 0 Å². The first-order chi connectivity index (χ1) is 8.36. The molecule has 0 bridgehead atoms. The van der Waals surface area contributed by atoms with E-state index in [1.54, 1.807) is 0 Å². The van der Waals surface area contributed by atoms with Crippen LogP contribution in [-0.2, 0) is 28.6 Å². The number of hydrogen-bond donors (Lipinski definition) is 0. The number of esters is 3. The maximum Gasteiger partial charge on any atom is 0.333 e. The summed E-state index contributed by atoms with van der Waals surface area (Å²) >= 11 is 0. The van der Waals surface area contributed by atoms with Crippen LogP contribution in [0.1, 0.15) is 20.3 Å². The second kappa shape index (κ2) is 8.05. The van der Waals surface area contributed by atoms with Gasteiger partial charge in [0.1, 0.15) is 0 Å². The van der Waals surface area contributed by atoms with Gasteiger partial charge in [0.2, 0.25) is 0 Å². The molecule has 18 heavy (non-hydrogen) atoms. The van der Waals surface area contributed by atoms with Crippen molar-refractivity contribution in [3.8, 4) is 0 Å². The van der Waals surface area contributed by atoms with E-state index in [1.165, 1.54) is 13.8 Å². The van der Waals surface area contributed by atoms with Gasteiger partial charge in [-0.2, -0.15) is 0 Å². The molecular weight excluding hydrogens is 240 g/mol. The third-order valence-electron chi connectivity index (χ3n) is 1.65. The summed E-state index contributed by atoms with van der Waals surface area (Å²) in [5.74, 6) is -1.90. The summed E-state index contributed by atoms with van der Waals surface area (Å²) in [5.41, 5.74) is 0.252. The molecule has 1 atom stereocenters. The smallest absolute Gasteiger partial charge is 0.333 e. The fourth-order valence-corrected chi connectivity index (χ4v) is 0.876. The molecule has 100 valence electrons. The molecule has 0 heterocycles. The van der Waals surface area contributed by atoms with Crippen LogP contribution < -0.4 is 0 Å². The zero-order valence-electron chi connectivity index (χ0n) is 10.4. The maximum atomic E-state index is 11.1. The molecule has 0 aromatic carbocycles. The monoisotopic (exact) mass is 256 g/mol. The topological polar surface area (TPSA) is 78.9 Å². The molecule has 0 fully saturated rings. The van der Waals surface area contributed by atoms with Crippen LogP contribution in [0.4, 0.5) is 0 Å². The molecule has 0 saturated carbocycles. The predicted molar refractivity (Wildman–Crippen MR) is 62.2 cm³/mol. The van der Waals surface area contributed by atoms with E-state index in [2.05, 4.69) is 13.2 Å². The van der Waals surface area contributed by atoms with Gasteiger partial charge in [-0.25, -0.2) is 9.59 Å². The predicted octanol–water partition coefficient (Wildman–Crippen LogP) is 1.11. The highest BCUT2D eigenvalue weighted by Crippen LogP contribution is 2.04. The van der Waals surface area contributed by atoms with Crippen molar-refractivity contribution in [1.29, 1.82) is 0 Å². The molecule has 0 N–H and O–H groups in total. The third-order valence-corrected chi connectivity index (χ3v) is 1.65. The van der Waals surface area contributed by atoms with Crippen LogP contribution in [0.25, 0.3) is 0 Å². The van der Waals surface area contributed by atoms with Crippen molar-refractivity contribution in [3.63, 3.8) is 0 Å². The van der Waals surface area contributed by atoms with Crippen molar-refractivity contribution in [2.24, 2.45) is 0 Å². The largest absolute Gasteiger partial charge is 0.462 e. The quantitative estimate of drug-likeness (QED) is 0.386. The van der Waals surface area contributed by atoms with Crippen molar-refractivity contribution in [3.05, 3.63) is 24.8 Å². The summed E-state index contributed by atoms with van der Waals surface area (Å²) in [6, 6.07) is 0. The van der Waals surface area contributed by atoms with Gasteiger partial charge in [0.15, 0.2) is 0 Å². The van der Waals surface area contributed by atoms with Crippen LogP contribution in [0.15, 0.2) is 24.8 Å². The Morgan fingerprint density at radius 1 is 1.22 bits per heavy atom. The molecule has 0 aliphatic rings. The molecule has 0 aliphatic carbocycles. The second-order valence-corrected chi connectivity index (χ2v) is 3.38. The third kappa shape index (κ3) is 7.21. The normalized spacial score (nSPS) is 11.0. The van der Waals surface area contributed by atoms with Gasteiger partial charge in [0, 0.05) is 18.6 Å². The maximum absolute atomic E-state index is 11.1. The van der Waals surface area contributed by atoms with Gasteiger partial charge in [-0.15, -0.1) is 0 Å². The van der Waals surface area contributed by atoms with Crippen molar-refractivity contribution in [2.75, 3.05) is 6.61 Å². The fraction of sp³-hybridized carbons (Fsp3) is 0.417. The van der Waals surface area contributed by atoms with Gasteiger partial charge in [0.05, 0.1) is 13.0 Å². The zero-order chi connectivity index (χ0) is 14.1. The van der Waals surface area contributed by atoms with Crippen LogP contribution in [0.2, 0.25) is 0 Å². The Morgan fingerprint density at radius 3 is 2.28 bits per heavy atom. The summed E-state index contributed by atoms with van der Waals surface area (Å²) in [6.07, 6.45) is -0.125. The first-order valence-corrected chi connectivity index (χ1v) is 5.19. The molecular formula is C12H16O6. The molecule has 0 aromatic rings. The van der Waals surface area contributed by atoms with Gasteiger partial charge in [-0.3, -0.25) is 4.79 Å². The van der Waals surface area contributed by atoms with Crippen molar-refractivity contribution in [2.45, 2.75) is 26.6 Å². The summed E-state index contributed by atoms with van der Waals surface area (Å²) < 4.78 is 14.2. The zero-order valence-corrected chi connectivity index (χ0v) is 10.4. The summed E-state index contributed by atoms with van der Waals surface area (Å²) in [5, 5.41) is 0. The second-order valence-electron chi connectivity index (χ2n) is 3.38. The van der Waals surface area contributed by atoms with Crippen LogP contribution in [0.5, 0.6) is 0 Å². The SMILES string of the molecule is C=CC(=O)OC(CCOC(=O)C(=C)C)OC(C)=O. The van der Waals surface area contributed by atoms with E-state index in [0.717, 1.165) is 6.08 Å². The molecule has 0 aliphatic heterocycles. The lowest BCUT2D eigenvalue weighted by Crippen LogP contribution is -2.25. The lowest BCUT2D eigenvalue weighted by Gasteiger charge is -2.16. The van der Waals surface area contributed by atoms with Crippen molar-refractivity contribution in [1.82, 2.24) is 0 Å². The summed E-state index contributed by atoms with van der Waals surface area (Å²) in [7, 11) is 0. The summed E-state index contributed by atoms with van der Waals surface area (Å²) in [4.78, 5) is 32.8. The highest BCUT2D eigenvalue weighted by molar-refractivity contribution is 5.86. The molecule has 0 spiro atoms. The van der Waals surface area contributed by atoms with E-state index < -0.39 is 24.2 Å². The molecule has 6 nitrogen and oxygen atoms in total. The average molecular weight is 256 g/mol. The first-order valence-electron chi connectivity index (χ1n) is 5.19. The molecule has 0 aromatic heterocycles. The average Bonchev–Trinajstić information content (AvgIpc) is 2.27. The van der Waals surface area contributed by atoms with E-state index in [-0.39, 0.29) is 18.6 Å². The Kier molecular flexibility index (Phi) is 7.11. The van der Waals surface area contributed by atoms with E-state index in [1.807, 2.05) is 0 Å². The first kappa shape index (κ1) is 15.9. The summed E-state index contributed by atoms with van der Waals surface area (Å²) in [6.45, 7) is 9.23. The minimum atomic E-state index is -1.11. The van der Waals surface area contributed by atoms with Gasteiger partial charge in [0.25, 0.3) is 6.29 Å². The standard InChI is InChI=1S/C12H16O6/c1-5-10(14)18-11(17-9(4)13)6-7-16-12(15)8(2)3/h5,11H,1-2,6-7H2,3-4H3. The Bertz CT molecular complexity index is 358. The van der Waals surface area contributed by atoms with Gasteiger partial charge in [-0.1, -0.05) is 13.2 Å². The number of carbonyl (C=O) groups is 3. The molecule has 0 saturated heterocycles. The Labute approximate surface area is 105 Å². The van der Waals surface area contributed by atoms with Gasteiger partial charge >= 0.3 is 17.9 Å². The minimum Gasteiger partial charge on any atom is -0.462 e. The highest BCUT2D eigenvalue weighted by Gasteiger charge is 2.16. The lowest BCUT2D eigenvalue weighted by molar-refractivity contribution is -0.185. The van der Waals surface area contributed by atoms with Gasteiger partial charge in [-0.05, 0) is 6.92 Å². The Morgan fingerprint density at radius 2 is 1.83 bits per heavy atom. The Hall–Kier alpha value is -2.11. The van der Waals surface area contributed by atoms with Crippen LogP contribution in [-0.4, -0.2) is 30.8 Å². The molecule has 0 radical (unpaired) electrons. The molecule has 0 amide bonds. The van der Waals surface area contributed by atoms with Gasteiger partial charge < -0.3 is 14.2 Å². The van der Waals surface area contributed by atoms with E-state index in [9.17, 15) is 14.4 Å². The number of carbonyl (C=O) groups excluding carboxylic acids is 3. The molecule has 0 rings (SSSR count). The fourth-order valence-electron chi connectivity index (χ4n) is 0.876. The highest BCUT2D eigenvalue weighted by atomic mass is 16.7. The number of hydrogen-bond acceptors (Lipinski definition) is 6. The van der Waals surface area contributed by atoms with Crippen LogP contribution in [0.3, 0.4) is 0 Å². The van der Waals surface area contributed by atoms with Crippen LogP contribution in [0, 0.1) is 0 Å².